The van der Waals surface area contributed by atoms with E-state index in [4.69, 9.17) is 4.74 Å². The zero-order valence-corrected chi connectivity index (χ0v) is 19.8. The van der Waals surface area contributed by atoms with Crippen molar-refractivity contribution in [2.45, 2.75) is 52.7 Å². The van der Waals surface area contributed by atoms with E-state index in [0.717, 1.165) is 16.5 Å². The number of carbonyl (C=O) groups excluding carboxylic acids is 2. The zero-order valence-electron chi connectivity index (χ0n) is 19.8. The number of nitrogens with zero attached hydrogens (tertiary/aromatic N) is 5. The van der Waals surface area contributed by atoms with Gasteiger partial charge in [-0.3, -0.25) is 19.3 Å². The molecule has 32 heavy (non-hydrogen) atoms. The molecule has 170 valence electrons. The van der Waals surface area contributed by atoms with E-state index in [9.17, 15) is 9.59 Å². The summed E-state index contributed by atoms with van der Waals surface area (Å²) in [6, 6.07) is 7.85. The number of benzene rings is 1. The molecule has 1 aliphatic rings. The zero-order chi connectivity index (χ0) is 23.4. The highest BCUT2D eigenvalue weighted by Crippen LogP contribution is 2.39. The molecule has 0 aliphatic carbocycles. The summed E-state index contributed by atoms with van der Waals surface area (Å²) in [5.74, 6) is 0.597. The first-order valence-electron chi connectivity index (χ1n) is 10.9. The van der Waals surface area contributed by atoms with Crippen LogP contribution in [0.15, 0.2) is 30.5 Å². The second kappa shape index (κ2) is 7.69. The summed E-state index contributed by atoms with van der Waals surface area (Å²) in [5, 5.41) is 5.59. The summed E-state index contributed by atoms with van der Waals surface area (Å²) < 4.78 is 9.36. The molecule has 1 atom stereocenters. The molecule has 0 spiro atoms. The Hall–Kier alpha value is -3.29. The van der Waals surface area contributed by atoms with E-state index in [2.05, 4.69) is 5.10 Å². The van der Waals surface area contributed by atoms with Gasteiger partial charge in [0.25, 0.3) is 0 Å². The standard InChI is InChI=1S/C24H31N5O3/c1-15-13-28(23(31)32-24(3,4)5)21-16(2)25-27(7)22(21)29(15)20(30)12-17-14-26(6)19-11-9-8-10-18(17)19/h8-11,14-15H,12-13H2,1-7H3/t15-/m1/s1. The summed E-state index contributed by atoms with van der Waals surface area (Å²) in [6.45, 7) is 9.67. The van der Waals surface area contributed by atoms with Gasteiger partial charge in [0.1, 0.15) is 11.3 Å². The van der Waals surface area contributed by atoms with Crippen molar-refractivity contribution in [1.82, 2.24) is 14.3 Å². The average molecular weight is 438 g/mol. The Bertz CT molecular complexity index is 1200. The molecule has 0 N–H and O–H groups in total. The summed E-state index contributed by atoms with van der Waals surface area (Å²) in [5.41, 5.74) is 2.78. The number of fused-ring (bicyclic) bond motifs is 2. The van der Waals surface area contributed by atoms with Crippen molar-refractivity contribution in [2.75, 3.05) is 16.3 Å². The van der Waals surface area contributed by atoms with Crippen molar-refractivity contribution in [3.63, 3.8) is 0 Å². The van der Waals surface area contributed by atoms with Crippen LogP contribution < -0.4 is 9.80 Å². The molecular weight excluding hydrogens is 406 g/mol. The molecule has 0 saturated heterocycles. The maximum Gasteiger partial charge on any atom is 0.415 e. The number of rotatable bonds is 2. The number of carbonyl (C=O) groups is 2. The number of aryl methyl sites for hydroxylation is 3. The molecule has 0 radical (unpaired) electrons. The van der Waals surface area contributed by atoms with E-state index in [0.29, 0.717) is 23.7 Å². The van der Waals surface area contributed by atoms with Gasteiger partial charge in [-0.2, -0.15) is 5.10 Å². The predicted molar refractivity (Wildman–Crippen MR) is 125 cm³/mol. The molecule has 1 aliphatic heterocycles. The van der Waals surface area contributed by atoms with E-state index in [1.54, 1.807) is 21.5 Å². The Balaban J connectivity index is 1.70. The minimum Gasteiger partial charge on any atom is -0.443 e. The number of ether oxygens (including phenoxy) is 1. The third-order valence-electron chi connectivity index (χ3n) is 5.75. The smallest absolute Gasteiger partial charge is 0.415 e. The topological polar surface area (TPSA) is 72.6 Å². The lowest BCUT2D eigenvalue weighted by atomic mass is 10.1. The lowest BCUT2D eigenvalue weighted by Crippen LogP contribution is -2.53. The first-order chi connectivity index (χ1) is 15.0. The van der Waals surface area contributed by atoms with Crippen molar-refractivity contribution in [1.29, 1.82) is 0 Å². The fourth-order valence-electron chi connectivity index (χ4n) is 4.53. The lowest BCUT2D eigenvalue weighted by Gasteiger charge is -2.40. The molecule has 0 saturated carbocycles. The van der Waals surface area contributed by atoms with Gasteiger partial charge in [-0.15, -0.1) is 0 Å². The summed E-state index contributed by atoms with van der Waals surface area (Å²) >= 11 is 0. The predicted octanol–water partition coefficient (Wildman–Crippen LogP) is 3.94. The van der Waals surface area contributed by atoms with Gasteiger partial charge in [-0.05, 0) is 46.2 Å². The van der Waals surface area contributed by atoms with Crippen LogP contribution in [0.3, 0.4) is 0 Å². The Labute approximate surface area is 188 Å². The van der Waals surface area contributed by atoms with Gasteiger partial charge >= 0.3 is 6.09 Å². The van der Waals surface area contributed by atoms with Gasteiger partial charge in [-0.25, -0.2) is 4.79 Å². The molecule has 8 nitrogen and oxygen atoms in total. The van der Waals surface area contributed by atoms with Crippen LogP contribution in [-0.2, 0) is 30.0 Å². The molecule has 1 aromatic carbocycles. The van der Waals surface area contributed by atoms with E-state index in [-0.39, 0.29) is 18.4 Å². The molecule has 0 unspecified atom stereocenters. The Morgan fingerprint density at radius 3 is 2.56 bits per heavy atom. The van der Waals surface area contributed by atoms with Gasteiger partial charge in [0, 0.05) is 31.2 Å². The van der Waals surface area contributed by atoms with E-state index in [1.165, 1.54) is 0 Å². The van der Waals surface area contributed by atoms with Crippen LogP contribution >= 0.6 is 0 Å². The molecule has 3 aromatic rings. The van der Waals surface area contributed by atoms with Crippen molar-refractivity contribution >= 4 is 34.4 Å². The van der Waals surface area contributed by atoms with Crippen molar-refractivity contribution < 1.29 is 14.3 Å². The third-order valence-corrected chi connectivity index (χ3v) is 5.75. The fourth-order valence-corrected chi connectivity index (χ4v) is 4.53. The van der Waals surface area contributed by atoms with Gasteiger partial charge < -0.3 is 9.30 Å². The normalized spacial score (nSPS) is 16.4. The second-order valence-corrected chi connectivity index (χ2v) is 9.54. The second-order valence-electron chi connectivity index (χ2n) is 9.54. The van der Waals surface area contributed by atoms with Gasteiger partial charge in [0.05, 0.1) is 24.7 Å². The highest BCUT2D eigenvalue weighted by Gasteiger charge is 2.40. The largest absolute Gasteiger partial charge is 0.443 e. The molecule has 3 heterocycles. The fraction of sp³-hybridized carbons (Fsp3) is 0.458. The van der Waals surface area contributed by atoms with Crippen LogP contribution in [0.4, 0.5) is 16.3 Å². The van der Waals surface area contributed by atoms with Crippen LogP contribution in [0.5, 0.6) is 0 Å². The summed E-state index contributed by atoms with van der Waals surface area (Å²) in [4.78, 5) is 29.9. The van der Waals surface area contributed by atoms with Crippen molar-refractivity contribution in [3.05, 3.63) is 41.7 Å². The Kier molecular flexibility index (Phi) is 5.27. The quantitative estimate of drug-likeness (QED) is 0.609. The van der Waals surface area contributed by atoms with Gasteiger partial charge in [0.2, 0.25) is 5.91 Å². The number of aromatic nitrogens is 3. The molecule has 2 amide bonds. The molecule has 4 rings (SSSR count). The molecule has 0 fully saturated rings. The van der Waals surface area contributed by atoms with E-state index >= 15 is 0 Å². The maximum atomic E-state index is 13.6. The van der Waals surface area contributed by atoms with Crippen molar-refractivity contribution in [2.24, 2.45) is 14.1 Å². The number of anilines is 2. The number of hydrogen-bond acceptors (Lipinski definition) is 4. The SMILES string of the molecule is Cc1nn(C)c2c1N(C(=O)OC(C)(C)C)C[C@@H](C)N2C(=O)Cc1cn(C)c2ccccc12. The molecule has 0 bridgehead atoms. The van der Waals surface area contributed by atoms with Gasteiger partial charge in [-0.1, -0.05) is 18.2 Å². The first kappa shape index (κ1) is 21.9. The van der Waals surface area contributed by atoms with Crippen LogP contribution in [0.25, 0.3) is 10.9 Å². The summed E-state index contributed by atoms with van der Waals surface area (Å²) in [6.07, 6.45) is 1.85. The number of hydrogen-bond donors (Lipinski definition) is 0. The van der Waals surface area contributed by atoms with Crippen LogP contribution in [0.1, 0.15) is 39.0 Å². The third kappa shape index (κ3) is 3.74. The van der Waals surface area contributed by atoms with Crippen LogP contribution in [0.2, 0.25) is 0 Å². The maximum absolute atomic E-state index is 13.6. The van der Waals surface area contributed by atoms with Crippen LogP contribution in [-0.4, -0.2) is 44.5 Å². The first-order valence-corrected chi connectivity index (χ1v) is 10.9. The van der Waals surface area contributed by atoms with Gasteiger partial charge in [0.15, 0.2) is 5.82 Å². The van der Waals surface area contributed by atoms with E-state index in [1.807, 2.05) is 76.7 Å². The highest BCUT2D eigenvalue weighted by molar-refractivity contribution is 6.04. The van der Waals surface area contributed by atoms with Crippen LogP contribution in [0, 0.1) is 6.92 Å². The Morgan fingerprint density at radius 2 is 1.88 bits per heavy atom. The average Bonchev–Trinajstić information content (AvgIpc) is 3.16. The summed E-state index contributed by atoms with van der Waals surface area (Å²) in [7, 11) is 3.79. The van der Waals surface area contributed by atoms with E-state index < -0.39 is 11.7 Å². The lowest BCUT2D eigenvalue weighted by molar-refractivity contribution is -0.118. The molecule has 2 aromatic heterocycles. The molecular formula is C24H31N5O3. The minimum absolute atomic E-state index is 0.0260. The number of para-hydroxylation sites is 1. The Morgan fingerprint density at radius 1 is 1.19 bits per heavy atom. The minimum atomic E-state index is -0.613. The molecule has 8 heteroatoms. The highest BCUT2D eigenvalue weighted by atomic mass is 16.6. The van der Waals surface area contributed by atoms with Crippen molar-refractivity contribution in [3.8, 4) is 0 Å². The number of amides is 2. The monoisotopic (exact) mass is 437 g/mol.